The maximum Gasteiger partial charge on any atom is 0.410 e. The van der Waals surface area contributed by atoms with Crippen LogP contribution in [0.15, 0.2) is 24.3 Å². The Morgan fingerprint density at radius 1 is 1.35 bits per heavy atom. The molecule has 0 spiro atoms. The second-order valence-electron chi connectivity index (χ2n) is 6.92. The van der Waals surface area contributed by atoms with Crippen molar-refractivity contribution >= 4 is 28.7 Å². The van der Waals surface area contributed by atoms with Crippen LogP contribution in [0.2, 0.25) is 0 Å². The molecule has 20 heavy (non-hydrogen) atoms. The van der Waals surface area contributed by atoms with Gasteiger partial charge < -0.3 is 9.64 Å². The zero-order chi connectivity index (χ0) is 14.5. The summed E-state index contributed by atoms with van der Waals surface area (Å²) in [7, 11) is 0. The zero-order valence-electron chi connectivity index (χ0n) is 12.1. The fraction of sp³-hybridized carbons (Fsp3) is 0.562. The monoisotopic (exact) mass is 385 g/mol. The Morgan fingerprint density at radius 2 is 2.00 bits per heavy atom. The first-order valence-corrected chi connectivity index (χ1v) is 8.12. The van der Waals surface area contributed by atoms with E-state index in [1.807, 2.05) is 25.7 Å². The number of rotatable bonds is 1. The average Bonchev–Trinajstić information content (AvgIpc) is 2.90. The first-order chi connectivity index (χ1) is 9.30. The van der Waals surface area contributed by atoms with E-state index in [1.165, 1.54) is 15.6 Å². The van der Waals surface area contributed by atoms with Gasteiger partial charge >= 0.3 is 6.09 Å². The second kappa shape index (κ2) is 4.61. The van der Waals surface area contributed by atoms with Gasteiger partial charge in [0.1, 0.15) is 5.60 Å². The van der Waals surface area contributed by atoms with Crippen LogP contribution >= 0.6 is 22.6 Å². The molecule has 108 valence electrons. The Hall–Kier alpha value is -0.780. The number of nitrogens with zero attached hydrogens (tertiary/aromatic N) is 1. The minimum absolute atomic E-state index is 0.172. The van der Waals surface area contributed by atoms with Crippen molar-refractivity contribution in [3.63, 3.8) is 0 Å². The number of carbonyl (C=O) groups is 1. The highest BCUT2D eigenvalue weighted by Gasteiger charge is 2.62. The van der Waals surface area contributed by atoms with Gasteiger partial charge in [-0.05, 0) is 73.4 Å². The molecule has 1 aliphatic carbocycles. The van der Waals surface area contributed by atoms with Gasteiger partial charge in [-0.25, -0.2) is 4.79 Å². The molecule has 0 radical (unpaired) electrons. The third-order valence-electron chi connectivity index (χ3n) is 4.22. The minimum Gasteiger partial charge on any atom is -0.444 e. The van der Waals surface area contributed by atoms with Crippen molar-refractivity contribution in [2.75, 3.05) is 13.1 Å². The number of hydrogen-bond donors (Lipinski definition) is 0. The molecular weight excluding hydrogens is 365 g/mol. The molecular formula is C16H20INO2. The molecule has 1 heterocycles. The molecule has 3 rings (SSSR count). The normalized spacial score (nSPS) is 28.2. The number of ether oxygens (including phenoxy) is 1. The number of piperidine rings is 1. The van der Waals surface area contributed by atoms with E-state index in [9.17, 15) is 4.79 Å². The largest absolute Gasteiger partial charge is 0.444 e. The van der Waals surface area contributed by atoms with Crippen LogP contribution in [0.1, 0.15) is 32.8 Å². The molecule has 1 unspecified atom stereocenters. The number of carbonyl (C=O) groups excluding carboxylic acids is 1. The molecule has 4 heteroatoms. The summed E-state index contributed by atoms with van der Waals surface area (Å²) in [6, 6.07) is 8.72. The van der Waals surface area contributed by atoms with Crippen LogP contribution in [0.3, 0.4) is 0 Å². The average molecular weight is 385 g/mol. The molecule has 2 aliphatic rings. The first kappa shape index (κ1) is 14.2. The fourth-order valence-electron chi connectivity index (χ4n) is 3.18. The molecule has 1 amide bonds. The van der Waals surface area contributed by atoms with Crippen LogP contribution in [0.25, 0.3) is 0 Å². The van der Waals surface area contributed by atoms with Crippen molar-refractivity contribution in [2.45, 2.75) is 38.2 Å². The number of hydrogen-bond acceptors (Lipinski definition) is 2. The molecule has 1 saturated carbocycles. The lowest BCUT2D eigenvalue weighted by Crippen LogP contribution is -2.37. The van der Waals surface area contributed by atoms with Crippen LogP contribution in [-0.2, 0) is 10.2 Å². The van der Waals surface area contributed by atoms with Crippen LogP contribution in [0.5, 0.6) is 0 Å². The van der Waals surface area contributed by atoms with E-state index >= 15 is 0 Å². The maximum absolute atomic E-state index is 12.2. The first-order valence-electron chi connectivity index (χ1n) is 7.04. The number of halogens is 1. The summed E-state index contributed by atoms with van der Waals surface area (Å²) in [6.07, 6.45) is 1.03. The number of fused-ring (bicyclic) bond motifs is 1. The summed E-state index contributed by atoms with van der Waals surface area (Å²) in [4.78, 5) is 14.0. The van der Waals surface area contributed by atoms with Gasteiger partial charge in [0, 0.05) is 22.1 Å². The molecule has 1 saturated heterocycles. The highest BCUT2D eigenvalue weighted by atomic mass is 127. The standard InChI is InChI=1S/C16H20INO2/c1-15(2,3)20-14(19)18-9-12-8-16(12,10-18)11-4-6-13(17)7-5-11/h4-7,12H,8-10H2,1-3H3/t12-,16?/m1/s1. The lowest BCUT2D eigenvalue weighted by atomic mass is 9.95. The highest BCUT2D eigenvalue weighted by molar-refractivity contribution is 14.1. The van der Waals surface area contributed by atoms with E-state index in [0.717, 1.165) is 13.1 Å². The smallest absolute Gasteiger partial charge is 0.410 e. The van der Waals surface area contributed by atoms with Crippen LogP contribution in [0, 0.1) is 9.49 Å². The van der Waals surface area contributed by atoms with Crippen LogP contribution in [-0.4, -0.2) is 29.7 Å². The summed E-state index contributed by atoms with van der Waals surface area (Å²) in [5, 5.41) is 0. The predicted octanol–water partition coefficient (Wildman–Crippen LogP) is 3.80. The van der Waals surface area contributed by atoms with Gasteiger partial charge in [-0.15, -0.1) is 0 Å². The lowest BCUT2D eigenvalue weighted by molar-refractivity contribution is 0.0270. The SMILES string of the molecule is CC(C)(C)OC(=O)N1C[C@H]2CC2(c2ccc(I)cc2)C1. The van der Waals surface area contributed by atoms with Gasteiger partial charge in [0.15, 0.2) is 0 Å². The molecule has 0 aromatic heterocycles. The Balaban J connectivity index is 1.71. The van der Waals surface area contributed by atoms with Crippen LogP contribution < -0.4 is 0 Å². The Morgan fingerprint density at radius 3 is 2.60 bits per heavy atom. The quantitative estimate of drug-likeness (QED) is 0.689. The van der Waals surface area contributed by atoms with Crippen molar-refractivity contribution < 1.29 is 9.53 Å². The molecule has 2 fully saturated rings. The van der Waals surface area contributed by atoms with E-state index < -0.39 is 5.60 Å². The van der Waals surface area contributed by atoms with Gasteiger partial charge in [0.2, 0.25) is 0 Å². The van der Waals surface area contributed by atoms with E-state index in [0.29, 0.717) is 5.92 Å². The number of benzene rings is 1. The highest BCUT2D eigenvalue weighted by Crippen LogP contribution is 2.59. The van der Waals surface area contributed by atoms with E-state index in [1.54, 1.807) is 0 Å². The Labute approximate surface area is 133 Å². The van der Waals surface area contributed by atoms with Gasteiger partial charge in [0.25, 0.3) is 0 Å². The molecule has 1 aromatic carbocycles. The topological polar surface area (TPSA) is 29.5 Å². The van der Waals surface area contributed by atoms with Gasteiger partial charge in [-0.1, -0.05) is 12.1 Å². The summed E-state index contributed by atoms with van der Waals surface area (Å²) in [5.41, 5.74) is 1.15. The fourth-order valence-corrected chi connectivity index (χ4v) is 3.54. The third kappa shape index (κ3) is 2.54. The van der Waals surface area contributed by atoms with Crippen molar-refractivity contribution in [1.29, 1.82) is 0 Å². The minimum atomic E-state index is -0.417. The van der Waals surface area contributed by atoms with Crippen molar-refractivity contribution in [2.24, 2.45) is 5.92 Å². The Kier molecular flexibility index (Phi) is 3.27. The molecule has 3 nitrogen and oxygen atoms in total. The van der Waals surface area contributed by atoms with Gasteiger partial charge in [-0.3, -0.25) is 0 Å². The van der Waals surface area contributed by atoms with Crippen molar-refractivity contribution in [1.82, 2.24) is 4.90 Å². The molecule has 2 atom stereocenters. The number of amides is 1. The van der Waals surface area contributed by atoms with E-state index in [4.69, 9.17) is 4.74 Å². The molecule has 1 aliphatic heterocycles. The second-order valence-corrected chi connectivity index (χ2v) is 8.17. The molecule has 1 aromatic rings. The van der Waals surface area contributed by atoms with Crippen LogP contribution in [0.4, 0.5) is 4.79 Å². The molecule has 0 N–H and O–H groups in total. The van der Waals surface area contributed by atoms with E-state index in [-0.39, 0.29) is 11.5 Å². The third-order valence-corrected chi connectivity index (χ3v) is 4.94. The summed E-state index contributed by atoms with van der Waals surface area (Å²) >= 11 is 2.32. The lowest BCUT2D eigenvalue weighted by Gasteiger charge is -2.26. The molecule has 0 bridgehead atoms. The summed E-state index contributed by atoms with van der Waals surface area (Å²) < 4.78 is 6.73. The van der Waals surface area contributed by atoms with E-state index in [2.05, 4.69) is 46.9 Å². The Bertz CT molecular complexity index is 534. The predicted molar refractivity (Wildman–Crippen MR) is 86.8 cm³/mol. The maximum atomic E-state index is 12.2. The van der Waals surface area contributed by atoms with Crippen molar-refractivity contribution in [3.05, 3.63) is 33.4 Å². The van der Waals surface area contributed by atoms with Gasteiger partial charge in [0.05, 0.1) is 0 Å². The summed E-state index contributed by atoms with van der Waals surface area (Å²) in [6.45, 7) is 7.37. The van der Waals surface area contributed by atoms with Gasteiger partial charge in [-0.2, -0.15) is 0 Å². The number of likely N-dealkylation sites (tertiary alicyclic amines) is 1. The van der Waals surface area contributed by atoms with Crippen molar-refractivity contribution in [3.8, 4) is 0 Å². The zero-order valence-corrected chi connectivity index (χ0v) is 14.3. The summed E-state index contributed by atoms with van der Waals surface area (Å²) in [5.74, 6) is 0.607.